The number of ether oxygens (including phenoxy) is 2. The number of carbonyl (C=O) groups excluding carboxylic acids is 1. The van der Waals surface area contributed by atoms with Crippen LogP contribution in [0, 0.1) is 0 Å². The van der Waals surface area contributed by atoms with Gasteiger partial charge in [-0.15, -0.1) is 0 Å². The average molecular weight is 340 g/mol. The highest BCUT2D eigenvalue weighted by Gasteiger charge is 2.51. The first-order valence-corrected chi connectivity index (χ1v) is 5.81. The maximum Gasteiger partial charge on any atom is 0.309 e. The minimum Gasteiger partial charge on any atom is -0.495 e. The van der Waals surface area contributed by atoms with E-state index in [0.717, 1.165) is 0 Å². The monoisotopic (exact) mass is 338 g/mol. The van der Waals surface area contributed by atoms with Gasteiger partial charge >= 0.3 is 5.97 Å². The van der Waals surface area contributed by atoms with Gasteiger partial charge in [0.1, 0.15) is 11.4 Å². The highest BCUT2D eigenvalue weighted by molar-refractivity contribution is 9.12. The molecule has 2 aliphatic rings. The molecule has 0 amide bonds. The Kier molecular flexibility index (Phi) is 2.68. The van der Waals surface area contributed by atoms with Gasteiger partial charge in [0.2, 0.25) is 0 Å². The van der Waals surface area contributed by atoms with Gasteiger partial charge in [0.15, 0.2) is 6.10 Å². The van der Waals surface area contributed by atoms with Gasteiger partial charge in [0, 0.05) is 0 Å². The van der Waals surface area contributed by atoms with Crippen molar-refractivity contribution in [3.8, 4) is 0 Å². The van der Waals surface area contributed by atoms with E-state index in [0.29, 0.717) is 14.7 Å². The van der Waals surface area contributed by atoms with E-state index in [4.69, 9.17) is 9.47 Å². The second-order valence-electron chi connectivity index (χ2n) is 3.41. The van der Waals surface area contributed by atoms with Crippen molar-refractivity contribution in [3.05, 3.63) is 20.8 Å². The number of aliphatic hydroxyl groups is 1. The predicted molar refractivity (Wildman–Crippen MR) is 59.4 cm³/mol. The lowest BCUT2D eigenvalue weighted by atomic mass is 9.91. The standard InChI is InChI=1S/C9H8Br2O4/c1-14-7-4(10)2-9(13)3-5(12)15-8(9)6(7)11/h2,8,13H,3H2,1H3/t8-,9-/m1/s1. The maximum atomic E-state index is 11.2. The number of carbonyl (C=O) groups is 1. The van der Waals surface area contributed by atoms with Crippen LogP contribution in [0.3, 0.4) is 0 Å². The molecule has 0 unspecified atom stereocenters. The lowest BCUT2D eigenvalue weighted by molar-refractivity contribution is -0.140. The number of esters is 1. The third kappa shape index (κ3) is 1.64. The Balaban J connectivity index is 2.48. The molecule has 0 aromatic rings. The third-order valence-electron chi connectivity index (χ3n) is 2.38. The number of fused-ring (bicyclic) bond motifs is 1. The van der Waals surface area contributed by atoms with Crippen molar-refractivity contribution < 1.29 is 19.4 Å². The van der Waals surface area contributed by atoms with Crippen LogP contribution < -0.4 is 0 Å². The number of halogens is 2. The van der Waals surface area contributed by atoms with E-state index >= 15 is 0 Å². The van der Waals surface area contributed by atoms with Gasteiger partial charge in [0.05, 0.1) is 22.5 Å². The molecule has 15 heavy (non-hydrogen) atoms. The van der Waals surface area contributed by atoms with E-state index in [2.05, 4.69) is 31.9 Å². The van der Waals surface area contributed by atoms with E-state index in [1.807, 2.05) is 0 Å². The molecule has 0 spiro atoms. The number of hydrogen-bond donors (Lipinski definition) is 1. The fourth-order valence-electron chi connectivity index (χ4n) is 1.71. The van der Waals surface area contributed by atoms with Gasteiger partial charge in [-0.2, -0.15) is 0 Å². The van der Waals surface area contributed by atoms with Crippen LogP contribution in [0.5, 0.6) is 0 Å². The van der Waals surface area contributed by atoms with Crippen LogP contribution in [0.1, 0.15) is 6.42 Å². The largest absolute Gasteiger partial charge is 0.495 e. The van der Waals surface area contributed by atoms with E-state index in [-0.39, 0.29) is 6.42 Å². The second kappa shape index (κ2) is 3.61. The summed E-state index contributed by atoms with van der Waals surface area (Å²) in [5, 5.41) is 10.2. The Bertz CT molecular complexity index is 388. The summed E-state index contributed by atoms with van der Waals surface area (Å²) in [7, 11) is 1.51. The molecule has 1 N–H and O–H groups in total. The molecule has 4 nitrogen and oxygen atoms in total. The molecule has 0 aromatic carbocycles. The highest BCUT2D eigenvalue weighted by Crippen LogP contribution is 2.44. The molecule has 1 saturated heterocycles. The van der Waals surface area contributed by atoms with Crippen LogP contribution in [0.25, 0.3) is 0 Å². The summed E-state index contributed by atoms with van der Waals surface area (Å²) in [4.78, 5) is 11.2. The van der Waals surface area contributed by atoms with Crippen LogP contribution in [-0.2, 0) is 14.3 Å². The van der Waals surface area contributed by atoms with Crippen LogP contribution in [0.2, 0.25) is 0 Å². The molecule has 2 atom stereocenters. The van der Waals surface area contributed by atoms with Crippen LogP contribution in [0.15, 0.2) is 20.8 Å². The fraction of sp³-hybridized carbons (Fsp3) is 0.444. The molecule has 1 heterocycles. The van der Waals surface area contributed by atoms with Crippen molar-refractivity contribution in [2.24, 2.45) is 0 Å². The Hall–Kier alpha value is -0.330. The number of rotatable bonds is 1. The summed E-state index contributed by atoms with van der Waals surface area (Å²) < 4.78 is 11.3. The third-order valence-corrected chi connectivity index (χ3v) is 3.74. The Morgan fingerprint density at radius 3 is 2.93 bits per heavy atom. The molecule has 82 valence electrons. The molecule has 1 aliphatic carbocycles. The smallest absolute Gasteiger partial charge is 0.309 e. The normalized spacial score (nSPS) is 34.8. The minimum atomic E-state index is -1.28. The van der Waals surface area contributed by atoms with Crippen molar-refractivity contribution >= 4 is 37.8 Å². The fourth-order valence-corrected chi connectivity index (χ4v) is 3.61. The van der Waals surface area contributed by atoms with Crippen molar-refractivity contribution in [2.45, 2.75) is 18.1 Å². The van der Waals surface area contributed by atoms with Crippen molar-refractivity contribution in [1.29, 1.82) is 0 Å². The highest BCUT2D eigenvalue weighted by atomic mass is 79.9. The second-order valence-corrected chi connectivity index (χ2v) is 5.12. The van der Waals surface area contributed by atoms with Gasteiger partial charge in [-0.3, -0.25) is 4.79 Å². The summed E-state index contributed by atoms with van der Waals surface area (Å²) in [5.41, 5.74) is -1.28. The summed E-state index contributed by atoms with van der Waals surface area (Å²) in [6.07, 6.45) is 0.784. The van der Waals surface area contributed by atoms with Crippen molar-refractivity contribution in [1.82, 2.24) is 0 Å². The van der Waals surface area contributed by atoms with Crippen LogP contribution in [0.4, 0.5) is 0 Å². The van der Waals surface area contributed by atoms with E-state index < -0.39 is 17.7 Å². The molecule has 1 fully saturated rings. The summed E-state index contributed by atoms with van der Waals surface area (Å²) in [6, 6.07) is 0. The van der Waals surface area contributed by atoms with E-state index in [1.54, 1.807) is 0 Å². The zero-order chi connectivity index (χ0) is 11.2. The van der Waals surface area contributed by atoms with Crippen molar-refractivity contribution in [3.63, 3.8) is 0 Å². The molecule has 0 aromatic heterocycles. The van der Waals surface area contributed by atoms with Gasteiger partial charge in [0.25, 0.3) is 0 Å². The van der Waals surface area contributed by atoms with E-state index in [1.165, 1.54) is 13.2 Å². The SMILES string of the molecule is COC1=C(Br)[C@H]2OC(=O)C[C@]2(O)C=C1Br. The molecule has 0 bridgehead atoms. The summed E-state index contributed by atoms with van der Waals surface area (Å²) in [5.74, 6) is 0.104. The number of allylic oxidation sites excluding steroid dienone is 1. The lowest BCUT2D eigenvalue weighted by Gasteiger charge is -2.29. The average Bonchev–Trinajstić information content (AvgIpc) is 2.41. The van der Waals surface area contributed by atoms with Gasteiger partial charge < -0.3 is 14.6 Å². The summed E-state index contributed by atoms with van der Waals surface area (Å²) >= 11 is 6.54. The first-order chi connectivity index (χ1) is 6.98. The zero-order valence-corrected chi connectivity index (χ0v) is 11.0. The Morgan fingerprint density at radius 2 is 2.33 bits per heavy atom. The molecule has 0 radical (unpaired) electrons. The van der Waals surface area contributed by atoms with Crippen LogP contribution >= 0.6 is 31.9 Å². The minimum absolute atomic E-state index is 0.0428. The molecule has 6 heteroatoms. The zero-order valence-electron chi connectivity index (χ0n) is 7.79. The van der Waals surface area contributed by atoms with Gasteiger partial charge in [-0.25, -0.2) is 0 Å². The molecule has 2 rings (SSSR count). The first-order valence-electron chi connectivity index (χ1n) is 4.22. The number of methoxy groups -OCH3 is 1. The van der Waals surface area contributed by atoms with Crippen molar-refractivity contribution in [2.75, 3.05) is 7.11 Å². The quantitative estimate of drug-likeness (QED) is 0.737. The Morgan fingerprint density at radius 1 is 1.67 bits per heavy atom. The topological polar surface area (TPSA) is 55.8 Å². The molecular formula is C9H8Br2O4. The molecule has 0 saturated carbocycles. The van der Waals surface area contributed by atoms with Gasteiger partial charge in [-0.05, 0) is 37.9 Å². The Labute approximate surface area is 103 Å². The first kappa shape index (κ1) is 11.2. The summed E-state index contributed by atoms with van der Waals surface area (Å²) in [6.45, 7) is 0. The molecule has 1 aliphatic heterocycles. The van der Waals surface area contributed by atoms with Crippen LogP contribution in [-0.4, -0.2) is 29.9 Å². The lowest BCUT2D eigenvalue weighted by Crippen LogP contribution is -2.39. The van der Waals surface area contributed by atoms with Gasteiger partial charge in [-0.1, -0.05) is 0 Å². The van der Waals surface area contributed by atoms with E-state index in [9.17, 15) is 9.90 Å². The molecular weight excluding hydrogens is 332 g/mol. The maximum absolute atomic E-state index is 11.2. The number of hydrogen-bond acceptors (Lipinski definition) is 4. The predicted octanol–water partition coefficient (Wildman–Crippen LogP) is 1.58.